The maximum absolute atomic E-state index is 8.65. The fraction of sp³-hybridized carbons (Fsp3) is 0.0714. The largest absolute Gasteiger partial charge is 0.363 e. The van der Waals surface area contributed by atoms with Crippen LogP contribution in [-0.2, 0) is 6.54 Å². The quantitative estimate of drug-likeness (QED) is 0.777. The van der Waals surface area contributed by atoms with Crippen LogP contribution in [0.2, 0.25) is 0 Å². The molecule has 0 atom stereocenters. The second kappa shape index (κ2) is 5.79. The van der Waals surface area contributed by atoms with E-state index in [1.807, 2.05) is 42.6 Å². The van der Waals surface area contributed by atoms with Crippen molar-refractivity contribution in [2.75, 3.05) is 5.32 Å². The summed E-state index contributed by atoms with van der Waals surface area (Å²) in [4.78, 5) is 0. The monoisotopic (exact) mass is 277 g/mol. The van der Waals surface area contributed by atoms with Crippen LogP contribution in [0.1, 0.15) is 11.4 Å². The minimum atomic E-state index is 0.288. The van der Waals surface area contributed by atoms with E-state index in [-0.39, 0.29) is 5.69 Å². The third-order valence-corrected chi connectivity index (χ3v) is 2.79. The Morgan fingerprint density at radius 1 is 1.05 bits per heavy atom. The van der Waals surface area contributed by atoms with Crippen LogP contribution in [0.15, 0.2) is 48.7 Å². The topological polar surface area (TPSA) is 92.3 Å². The molecule has 0 saturated heterocycles. The molecule has 0 bridgehead atoms. The molecule has 0 spiro atoms. The highest BCUT2D eigenvalue weighted by Crippen LogP contribution is 2.07. The number of anilines is 1. The van der Waals surface area contributed by atoms with Gasteiger partial charge in [0.2, 0.25) is 0 Å². The number of nitriles is 1. The van der Waals surface area contributed by atoms with Gasteiger partial charge in [-0.25, -0.2) is 4.68 Å². The number of hydrogen-bond acceptors (Lipinski definition) is 6. The van der Waals surface area contributed by atoms with E-state index in [0.717, 1.165) is 11.4 Å². The van der Waals surface area contributed by atoms with Gasteiger partial charge in [0.1, 0.15) is 17.6 Å². The minimum absolute atomic E-state index is 0.288. The lowest BCUT2D eigenvalue weighted by Gasteiger charge is -2.01. The maximum atomic E-state index is 8.65. The summed E-state index contributed by atoms with van der Waals surface area (Å²) in [6.45, 7) is 0.480. The van der Waals surface area contributed by atoms with Gasteiger partial charge in [0.15, 0.2) is 5.69 Å². The van der Waals surface area contributed by atoms with Crippen molar-refractivity contribution < 1.29 is 0 Å². The van der Waals surface area contributed by atoms with E-state index >= 15 is 0 Å². The highest BCUT2D eigenvalue weighted by atomic mass is 15.4. The van der Waals surface area contributed by atoms with Crippen LogP contribution < -0.4 is 5.32 Å². The summed E-state index contributed by atoms with van der Waals surface area (Å²) in [5.74, 6) is 0.586. The van der Waals surface area contributed by atoms with E-state index in [1.54, 1.807) is 16.8 Å². The van der Waals surface area contributed by atoms with Crippen LogP contribution in [0.4, 0.5) is 5.82 Å². The Hall–Kier alpha value is -3.27. The average Bonchev–Trinajstić information content (AvgIpc) is 3.03. The average molecular weight is 277 g/mol. The van der Waals surface area contributed by atoms with Gasteiger partial charge in [0.05, 0.1) is 18.4 Å². The van der Waals surface area contributed by atoms with Crippen LogP contribution in [-0.4, -0.2) is 25.2 Å². The lowest BCUT2D eigenvalue weighted by Crippen LogP contribution is -2.03. The molecule has 102 valence electrons. The first kappa shape index (κ1) is 12.7. The number of aromatic nitrogens is 5. The third-order valence-electron chi connectivity index (χ3n) is 2.79. The summed E-state index contributed by atoms with van der Waals surface area (Å²) in [5, 5.41) is 27.5. The molecule has 1 N–H and O–H groups in total. The summed E-state index contributed by atoms with van der Waals surface area (Å²) >= 11 is 0. The number of para-hydroxylation sites is 1. The molecule has 2 aromatic heterocycles. The van der Waals surface area contributed by atoms with Gasteiger partial charge in [-0.3, -0.25) is 0 Å². The molecule has 21 heavy (non-hydrogen) atoms. The minimum Gasteiger partial charge on any atom is -0.363 e. The Labute approximate surface area is 120 Å². The zero-order valence-electron chi connectivity index (χ0n) is 11.0. The van der Waals surface area contributed by atoms with Crippen molar-refractivity contribution in [3.63, 3.8) is 0 Å². The van der Waals surface area contributed by atoms with Crippen molar-refractivity contribution in [3.8, 4) is 11.8 Å². The van der Waals surface area contributed by atoms with Crippen molar-refractivity contribution in [2.24, 2.45) is 0 Å². The molecule has 3 rings (SSSR count). The second-order valence-corrected chi connectivity index (χ2v) is 4.26. The van der Waals surface area contributed by atoms with Crippen molar-refractivity contribution in [2.45, 2.75) is 6.54 Å². The normalized spacial score (nSPS) is 10.0. The van der Waals surface area contributed by atoms with Gasteiger partial charge in [-0.1, -0.05) is 23.4 Å². The molecule has 1 aromatic carbocycles. The van der Waals surface area contributed by atoms with E-state index in [2.05, 4.69) is 25.8 Å². The molecule has 0 fully saturated rings. The Kier molecular flexibility index (Phi) is 3.52. The zero-order chi connectivity index (χ0) is 14.5. The van der Waals surface area contributed by atoms with Gasteiger partial charge in [-0.2, -0.15) is 5.26 Å². The van der Waals surface area contributed by atoms with Gasteiger partial charge in [-0.15, -0.1) is 15.3 Å². The first-order valence-corrected chi connectivity index (χ1v) is 6.29. The Bertz CT molecular complexity index is 756. The standard InChI is InChI=1S/C14H11N7/c15-8-11-6-7-14(19-17-11)16-9-12-10-21(20-18-12)13-4-2-1-3-5-13/h1-7,10H,9H2,(H,16,19). The highest BCUT2D eigenvalue weighted by molar-refractivity contribution is 5.36. The summed E-state index contributed by atoms with van der Waals surface area (Å²) in [7, 11) is 0. The number of nitrogens with zero attached hydrogens (tertiary/aromatic N) is 6. The van der Waals surface area contributed by atoms with E-state index in [0.29, 0.717) is 12.4 Å². The Morgan fingerprint density at radius 3 is 2.62 bits per heavy atom. The summed E-state index contributed by atoms with van der Waals surface area (Å²) in [5.41, 5.74) is 2.02. The lowest BCUT2D eigenvalue weighted by atomic mass is 10.3. The number of nitrogens with one attached hydrogen (secondary N) is 1. The van der Waals surface area contributed by atoms with Crippen LogP contribution >= 0.6 is 0 Å². The number of hydrogen-bond donors (Lipinski definition) is 1. The van der Waals surface area contributed by atoms with E-state index in [1.165, 1.54) is 0 Å². The first-order valence-electron chi connectivity index (χ1n) is 6.29. The van der Waals surface area contributed by atoms with Crippen molar-refractivity contribution in [3.05, 3.63) is 60.0 Å². The summed E-state index contributed by atoms with van der Waals surface area (Å²) in [6, 6.07) is 15.0. The highest BCUT2D eigenvalue weighted by Gasteiger charge is 2.03. The molecule has 7 nitrogen and oxygen atoms in total. The predicted molar refractivity (Wildman–Crippen MR) is 75.4 cm³/mol. The Morgan fingerprint density at radius 2 is 1.90 bits per heavy atom. The Balaban J connectivity index is 1.66. The third kappa shape index (κ3) is 3.01. The lowest BCUT2D eigenvalue weighted by molar-refractivity contribution is 0.798. The van der Waals surface area contributed by atoms with Crippen molar-refractivity contribution >= 4 is 5.82 Å². The fourth-order valence-electron chi connectivity index (χ4n) is 1.75. The zero-order valence-corrected chi connectivity index (χ0v) is 11.0. The summed E-state index contributed by atoms with van der Waals surface area (Å²) in [6.07, 6.45) is 1.85. The van der Waals surface area contributed by atoms with Gasteiger partial charge in [0.25, 0.3) is 0 Å². The van der Waals surface area contributed by atoms with Gasteiger partial charge >= 0.3 is 0 Å². The maximum Gasteiger partial charge on any atom is 0.163 e. The van der Waals surface area contributed by atoms with Gasteiger partial charge in [-0.05, 0) is 24.3 Å². The van der Waals surface area contributed by atoms with Crippen LogP contribution in [0.3, 0.4) is 0 Å². The van der Waals surface area contributed by atoms with Gasteiger partial charge < -0.3 is 5.32 Å². The van der Waals surface area contributed by atoms with Crippen LogP contribution in [0.5, 0.6) is 0 Å². The molecule has 0 aliphatic rings. The molecule has 0 aliphatic heterocycles. The van der Waals surface area contributed by atoms with E-state index in [4.69, 9.17) is 5.26 Å². The van der Waals surface area contributed by atoms with E-state index in [9.17, 15) is 0 Å². The molecule has 3 aromatic rings. The van der Waals surface area contributed by atoms with Crippen LogP contribution in [0.25, 0.3) is 5.69 Å². The molecule has 2 heterocycles. The van der Waals surface area contributed by atoms with E-state index < -0.39 is 0 Å². The molecule has 0 radical (unpaired) electrons. The second-order valence-electron chi connectivity index (χ2n) is 4.26. The SMILES string of the molecule is N#Cc1ccc(NCc2cn(-c3ccccc3)nn2)nn1. The molecule has 7 heteroatoms. The van der Waals surface area contributed by atoms with Crippen molar-refractivity contribution in [1.29, 1.82) is 5.26 Å². The van der Waals surface area contributed by atoms with Gasteiger partial charge in [0, 0.05) is 0 Å². The smallest absolute Gasteiger partial charge is 0.163 e. The molecular weight excluding hydrogens is 266 g/mol. The molecule has 0 saturated carbocycles. The predicted octanol–water partition coefficient (Wildman–Crippen LogP) is 1.54. The molecule has 0 unspecified atom stereocenters. The fourth-order valence-corrected chi connectivity index (χ4v) is 1.75. The number of benzene rings is 1. The first-order chi connectivity index (χ1) is 10.3. The van der Waals surface area contributed by atoms with Crippen LogP contribution in [0, 0.1) is 11.3 Å². The molecule has 0 aliphatic carbocycles. The summed E-state index contributed by atoms with van der Waals surface area (Å²) < 4.78 is 1.71. The molecular formula is C14H11N7. The molecule has 0 amide bonds. The van der Waals surface area contributed by atoms with Crippen molar-refractivity contribution in [1.82, 2.24) is 25.2 Å². The number of rotatable bonds is 4.